The smallest absolute Gasteiger partial charge is 0.326 e. The van der Waals surface area contributed by atoms with Crippen molar-refractivity contribution in [1.82, 2.24) is 10.2 Å². The van der Waals surface area contributed by atoms with Crippen LogP contribution in [0.2, 0.25) is 0 Å². The average molecular weight is 288 g/mol. The Labute approximate surface area is 119 Å². The van der Waals surface area contributed by atoms with Crippen LogP contribution in [-0.4, -0.2) is 51.6 Å². The van der Waals surface area contributed by atoms with Crippen LogP contribution in [0.3, 0.4) is 0 Å². The van der Waals surface area contributed by atoms with Gasteiger partial charge in [0.05, 0.1) is 0 Å². The van der Waals surface area contributed by atoms with E-state index in [9.17, 15) is 9.59 Å². The van der Waals surface area contributed by atoms with E-state index in [-0.39, 0.29) is 18.0 Å². The Morgan fingerprint density at radius 2 is 2.05 bits per heavy atom. The molecule has 0 aromatic carbocycles. The average Bonchev–Trinajstić information content (AvgIpc) is 2.31. The summed E-state index contributed by atoms with van der Waals surface area (Å²) in [5.74, 6) is 0.171. The summed E-state index contributed by atoms with van der Waals surface area (Å²) in [5, 5.41) is 12.2. The van der Waals surface area contributed by atoms with Crippen molar-refractivity contribution in [3.8, 4) is 0 Å². The molecule has 110 valence electrons. The van der Waals surface area contributed by atoms with Crippen LogP contribution in [0.1, 0.15) is 34.1 Å². The van der Waals surface area contributed by atoms with Gasteiger partial charge < -0.3 is 15.3 Å². The first-order valence-corrected chi connectivity index (χ1v) is 7.79. The van der Waals surface area contributed by atoms with Crippen molar-refractivity contribution in [1.29, 1.82) is 0 Å². The molecule has 1 rings (SSSR count). The highest BCUT2D eigenvalue weighted by Gasteiger charge is 2.31. The summed E-state index contributed by atoms with van der Waals surface area (Å²) in [5.41, 5.74) is 0. The molecule has 0 saturated carbocycles. The van der Waals surface area contributed by atoms with Crippen LogP contribution < -0.4 is 5.32 Å². The minimum absolute atomic E-state index is 0.132. The third-order valence-electron chi connectivity index (χ3n) is 3.45. The summed E-state index contributed by atoms with van der Waals surface area (Å²) < 4.78 is 0. The van der Waals surface area contributed by atoms with E-state index < -0.39 is 12.0 Å². The van der Waals surface area contributed by atoms with Gasteiger partial charge in [-0.1, -0.05) is 20.8 Å². The van der Waals surface area contributed by atoms with Gasteiger partial charge in [0.2, 0.25) is 0 Å². The van der Waals surface area contributed by atoms with Gasteiger partial charge in [-0.05, 0) is 19.3 Å². The third kappa shape index (κ3) is 4.60. The molecule has 1 aliphatic rings. The molecule has 0 radical (unpaired) electrons. The molecule has 0 aromatic rings. The molecule has 6 heteroatoms. The van der Waals surface area contributed by atoms with Gasteiger partial charge in [-0.2, -0.15) is 11.8 Å². The molecular formula is C13H24N2O3S. The van der Waals surface area contributed by atoms with E-state index in [0.717, 1.165) is 5.75 Å². The number of urea groups is 1. The van der Waals surface area contributed by atoms with E-state index in [0.29, 0.717) is 18.2 Å². The number of hydrogen-bond donors (Lipinski definition) is 2. The monoisotopic (exact) mass is 288 g/mol. The number of carbonyl (C=O) groups is 2. The zero-order valence-corrected chi connectivity index (χ0v) is 12.9. The maximum absolute atomic E-state index is 12.2. The van der Waals surface area contributed by atoms with Crippen molar-refractivity contribution in [3.05, 3.63) is 0 Å². The van der Waals surface area contributed by atoms with Gasteiger partial charge in [0.1, 0.15) is 6.04 Å². The maximum Gasteiger partial charge on any atom is 0.326 e. The number of nitrogens with one attached hydrogen (secondary N) is 1. The van der Waals surface area contributed by atoms with E-state index in [1.807, 2.05) is 32.5 Å². The van der Waals surface area contributed by atoms with Crippen LogP contribution in [0.5, 0.6) is 0 Å². The first-order chi connectivity index (χ1) is 8.82. The number of carboxylic acids is 1. The maximum atomic E-state index is 12.2. The molecule has 19 heavy (non-hydrogen) atoms. The summed E-state index contributed by atoms with van der Waals surface area (Å²) in [6, 6.07) is -0.926. The van der Waals surface area contributed by atoms with Gasteiger partial charge in [0.15, 0.2) is 0 Å². The van der Waals surface area contributed by atoms with Gasteiger partial charge in [-0.25, -0.2) is 9.59 Å². The topological polar surface area (TPSA) is 69.6 Å². The lowest BCUT2D eigenvalue weighted by Crippen LogP contribution is -2.55. The number of aliphatic carboxylic acids is 1. The van der Waals surface area contributed by atoms with E-state index >= 15 is 0 Å². The molecule has 1 fully saturated rings. The molecule has 0 aliphatic carbocycles. The minimum atomic E-state index is -0.964. The van der Waals surface area contributed by atoms with Gasteiger partial charge in [-0.3, -0.25) is 0 Å². The summed E-state index contributed by atoms with van der Waals surface area (Å²) in [7, 11) is 0. The number of nitrogens with zero attached hydrogens (tertiary/aromatic N) is 1. The van der Waals surface area contributed by atoms with E-state index in [4.69, 9.17) is 5.11 Å². The fourth-order valence-electron chi connectivity index (χ4n) is 2.14. The molecule has 2 N–H and O–H groups in total. The van der Waals surface area contributed by atoms with Crippen molar-refractivity contribution < 1.29 is 14.7 Å². The second kappa shape index (κ2) is 7.03. The molecule has 0 aromatic heterocycles. The SMILES string of the molecule is CC(C)CC(NC(=O)N1CCSC(C)C1C)C(=O)O. The van der Waals surface area contributed by atoms with Crippen LogP contribution in [-0.2, 0) is 4.79 Å². The first-order valence-electron chi connectivity index (χ1n) is 6.74. The second-order valence-corrected chi connectivity index (χ2v) is 6.96. The summed E-state index contributed by atoms with van der Waals surface area (Å²) in [4.78, 5) is 25.1. The Kier molecular flexibility index (Phi) is 5.97. The largest absolute Gasteiger partial charge is 0.480 e. The summed E-state index contributed by atoms with van der Waals surface area (Å²) in [6.45, 7) is 8.68. The molecule has 5 nitrogen and oxygen atoms in total. The Balaban J connectivity index is 2.63. The molecule has 3 atom stereocenters. The predicted octanol–water partition coefficient (Wildman–Crippen LogP) is 2.02. The second-order valence-electron chi connectivity index (χ2n) is 5.48. The number of carboxylic acid groups (broad SMARTS) is 1. The number of hydrogen-bond acceptors (Lipinski definition) is 3. The lowest BCUT2D eigenvalue weighted by atomic mass is 10.0. The summed E-state index contributed by atoms with van der Waals surface area (Å²) in [6.07, 6.45) is 0.452. The minimum Gasteiger partial charge on any atom is -0.480 e. The van der Waals surface area contributed by atoms with Crippen LogP contribution >= 0.6 is 11.8 Å². The highest BCUT2D eigenvalue weighted by molar-refractivity contribution is 8.00. The van der Waals surface area contributed by atoms with Crippen molar-refractivity contribution in [3.63, 3.8) is 0 Å². The quantitative estimate of drug-likeness (QED) is 0.830. The molecule has 3 unspecified atom stereocenters. The zero-order chi connectivity index (χ0) is 14.6. The van der Waals surface area contributed by atoms with E-state index in [2.05, 4.69) is 12.2 Å². The Bertz CT molecular complexity index is 336. The highest BCUT2D eigenvalue weighted by atomic mass is 32.2. The standard InChI is InChI=1S/C13H24N2O3S/c1-8(2)7-11(12(16)17)14-13(18)15-5-6-19-10(4)9(15)3/h8-11H,5-7H2,1-4H3,(H,14,18)(H,16,17). The molecular weight excluding hydrogens is 264 g/mol. The molecule has 1 saturated heterocycles. The number of thioether (sulfide) groups is 1. The molecule has 1 heterocycles. The third-order valence-corrected chi connectivity index (χ3v) is 4.79. The lowest BCUT2D eigenvalue weighted by Gasteiger charge is -2.38. The first kappa shape index (κ1) is 16.1. The number of carbonyl (C=O) groups excluding carboxylic acids is 1. The van der Waals surface area contributed by atoms with Crippen LogP contribution in [0.15, 0.2) is 0 Å². The Morgan fingerprint density at radius 3 is 2.58 bits per heavy atom. The summed E-state index contributed by atoms with van der Waals surface area (Å²) >= 11 is 1.85. The van der Waals surface area contributed by atoms with Crippen LogP contribution in [0, 0.1) is 5.92 Å². The van der Waals surface area contributed by atoms with Crippen molar-refractivity contribution in [2.45, 2.75) is 51.4 Å². The Morgan fingerprint density at radius 1 is 1.42 bits per heavy atom. The zero-order valence-electron chi connectivity index (χ0n) is 12.0. The number of amides is 2. The van der Waals surface area contributed by atoms with Crippen molar-refractivity contribution in [2.24, 2.45) is 5.92 Å². The molecule has 0 bridgehead atoms. The highest BCUT2D eigenvalue weighted by Crippen LogP contribution is 2.24. The van der Waals surface area contributed by atoms with Crippen molar-refractivity contribution in [2.75, 3.05) is 12.3 Å². The van der Waals surface area contributed by atoms with Gasteiger partial charge in [-0.15, -0.1) is 0 Å². The van der Waals surface area contributed by atoms with Crippen LogP contribution in [0.25, 0.3) is 0 Å². The Hall–Kier alpha value is -0.910. The molecule has 1 aliphatic heterocycles. The molecule has 2 amide bonds. The van der Waals surface area contributed by atoms with Gasteiger partial charge in [0, 0.05) is 23.6 Å². The van der Waals surface area contributed by atoms with Gasteiger partial charge >= 0.3 is 12.0 Å². The normalized spacial score (nSPS) is 25.2. The van der Waals surface area contributed by atoms with Crippen molar-refractivity contribution >= 4 is 23.8 Å². The van der Waals surface area contributed by atoms with Crippen LogP contribution in [0.4, 0.5) is 4.79 Å². The lowest BCUT2D eigenvalue weighted by molar-refractivity contribution is -0.139. The van der Waals surface area contributed by atoms with E-state index in [1.165, 1.54) is 0 Å². The predicted molar refractivity (Wildman–Crippen MR) is 77.5 cm³/mol. The molecule has 0 spiro atoms. The van der Waals surface area contributed by atoms with Gasteiger partial charge in [0.25, 0.3) is 0 Å². The fraction of sp³-hybridized carbons (Fsp3) is 0.846. The van der Waals surface area contributed by atoms with E-state index in [1.54, 1.807) is 4.90 Å². The fourth-order valence-corrected chi connectivity index (χ4v) is 3.24. The number of rotatable bonds is 4.